The second kappa shape index (κ2) is 7.16. The Morgan fingerprint density at radius 3 is 1.44 bits per heavy atom. The molecule has 1 aromatic rings. The molecule has 0 unspecified atom stereocenters. The van der Waals surface area contributed by atoms with E-state index in [0.29, 0.717) is 0 Å². The molecule has 0 aromatic heterocycles. The van der Waals surface area contributed by atoms with Crippen molar-refractivity contribution < 1.29 is 80.1 Å². The number of hydrogen-bond acceptors (Lipinski definition) is 2. The molecule has 0 saturated heterocycles. The van der Waals surface area contributed by atoms with E-state index in [1.54, 1.807) is 0 Å². The van der Waals surface area contributed by atoms with Crippen LogP contribution in [-0.4, -0.2) is 46.2 Å². The van der Waals surface area contributed by atoms with Crippen molar-refractivity contribution in [2.24, 2.45) is 0 Å². The fraction of sp³-hybridized carbons (Fsp3) is 0.438. The number of benzene rings is 1. The van der Waals surface area contributed by atoms with Crippen molar-refractivity contribution in [2.75, 3.05) is 0 Å². The number of alkyl halides is 14. The number of rotatable bonds is 3. The molecule has 1 N–H and O–H groups in total. The Bertz CT molecular complexity index is 1020. The van der Waals surface area contributed by atoms with Crippen LogP contribution >= 0.6 is 0 Å². The van der Waals surface area contributed by atoms with Crippen LogP contribution in [0, 0.1) is 11.6 Å². The lowest BCUT2D eigenvalue weighted by Gasteiger charge is -2.51. The predicted octanol–water partition coefficient (Wildman–Crippen LogP) is 6.35. The Morgan fingerprint density at radius 2 is 1.06 bits per heavy atom. The van der Waals surface area contributed by atoms with Gasteiger partial charge in [0.2, 0.25) is 5.78 Å². The van der Waals surface area contributed by atoms with Gasteiger partial charge in [0, 0.05) is 11.6 Å². The van der Waals surface area contributed by atoms with Crippen molar-refractivity contribution in [2.45, 2.75) is 41.5 Å². The summed E-state index contributed by atoms with van der Waals surface area (Å²) < 4.78 is 215. The highest BCUT2D eigenvalue weighted by Gasteiger charge is 3.02. The number of hydrogen-bond donors (Lipinski definition) is 1. The zero-order valence-corrected chi connectivity index (χ0v) is 15.1. The van der Waals surface area contributed by atoms with Gasteiger partial charge in [0.05, 0.1) is 5.56 Å². The molecular formula is C16H4F16O2. The van der Waals surface area contributed by atoms with Crippen LogP contribution in [0.3, 0.4) is 0 Å². The number of carbonyl (C=O) groups is 1. The van der Waals surface area contributed by atoms with Crippen LogP contribution in [0.2, 0.25) is 0 Å². The fourth-order valence-corrected chi connectivity index (χ4v) is 2.83. The molecular weight excluding hydrogens is 528 g/mol. The summed E-state index contributed by atoms with van der Waals surface area (Å²) >= 11 is 0. The van der Waals surface area contributed by atoms with Crippen molar-refractivity contribution in [1.29, 1.82) is 0 Å². The zero-order valence-electron chi connectivity index (χ0n) is 15.1. The van der Waals surface area contributed by atoms with E-state index >= 15 is 0 Å². The zero-order chi connectivity index (χ0) is 27.1. The van der Waals surface area contributed by atoms with Crippen LogP contribution < -0.4 is 0 Å². The van der Waals surface area contributed by atoms with Crippen molar-refractivity contribution >= 4 is 11.5 Å². The number of halogens is 16. The first-order valence-corrected chi connectivity index (χ1v) is 7.93. The maximum absolute atomic E-state index is 14.6. The van der Waals surface area contributed by atoms with Crippen molar-refractivity contribution in [3.63, 3.8) is 0 Å². The van der Waals surface area contributed by atoms with Gasteiger partial charge >= 0.3 is 41.5 Å². The second-order valence-electron chi connectivity index (χ2n) is 6.73. The predicted molar refractivity (Wildman–Crippen MR) is 75.5 cm³/mol. The normalized spacial score (nSPS) is 24.5. The molecule has 1 aromatic carbocycles. The summed E-state index contributed by atoms with van der Waals surface area (Å²) in [6.45, 7) is 0. The minimum absolute atomic E-state index is 0.642. The molecule has 2 rings (SSSR count). The van der Waals surface area contributed by atoms with Gasteiger partial charge < -0.3 is 5.11 Å². The van der Waals surface area contributed by atoms with Crippen LogP contribution in [0.1, 0.15) is 11.1 Å². The molecule has 0 spiro atoms. The molecule has 18 heteroatoms. The second-order valence-corrected chi connectivity index (χ2v) is 6.73. The Labute approximate surface area is 175 Å². The van der Waals surface area contributed by atoms with Gasteiger partial charge in [-0.15, -0.1) is 0 Å². The third kappa shape index (κ3) is 3.08. The first-order valence-electron chi connectivity index (χ1n) is 7.93. The number of carbonyl (C=O) groups excluding carboxylic acids is 1. The molecule has 1 fully saturated rings. The molecule has 34 heavy (non-hydrogen) atoms. The first kappa shape index (κ1) is 27.6. The van der Waals surface area contributed by atoms with Gasteiger partial charge in [-0.1, -0.05) is 0 Å². The lowest BCUT2D eigenvalue weighted by molar-refractivity contribution is -0.475. The van der Waals surface area contributed by atoms with Crippen LogP contribution in [0.25, 0.3) is 5.76 Å². The maximum atomic E-state index is 14.6. The van der Waals surface area contributed by atoms with E-state index in [-0.39, 0.29) is 0 Å². The molecule has 0 atom stereocenters. The minimum atomic E-state index is -7.70. The summed E-state index contributed by atoms with van der Waals surface area (Å²) in [5.74, 6) is -49.6. The summed E-state index contributed by atoms with van der Waals surface area (Å²) in [6, 6.07) is -1.38. The van der Waals surface area contributed by atoms with Gasteiger partial charge in [-0.2, -0.15) is 57.1 Å². The number of ketones is 1. The Balaban J connectivity index is 2.82. The lowest BCUT2D eigenvalue weighted by atomic mass is 9.70. The Kier molecular flexibility index (Phi) is 5.80. The molecule has 2 nitrogen and oxygen atoms in total. The van der Waals surface area contributed by atoms with Gasteiger partial charge in [-0.05, 0) is 12.1 Å². The lowest BCUT2D eigenvalue weighted by Crippen LogP contribution is -2.85. The fourth-order valence-electron chi connectivity index (χ4n) is 2.83. The van der Waals surface area contributed by atoms with Gasteiger partial charge in [0.15, 0.2) is 11.6 Å². The Hall–Kier alpha value is -2.69. The molecule has 0 radical (unpaired) electrons. The quantitative estimate of drug-likeness (QED) is 0.280. The first-order chi connectivity index (χ1) is 14.8. The van der Waals surface area contributed by atoms with Crippen LogP contribution in [0.4, 0.5) is 70.2 Å². The highest BCUT2D eigenvalue weighted by Crippen LogP contribution is 2.69. The van der Waals surface area contributed by atoms with E-state index in [2.05, 4.69) is 0 Å². The van der Waals surface area contributed by atoms with Gasteiger partial charge in [-0.3, -0.25) is 4.79 Å². The Morgan fingerprint density at radius 1 is 0.706 bits per heavy atom. The number of aliphatic hydroxyl groups excluding tert-OH is 1. The largest absolute Gasteiger partial charge is 0.507 e. The van der Waals surface area contributed by atoms with Gasteiger partial charge in [0.25, 0.3) is 0 Å². The SMILES string of the molecule is O=C(/C=C(\O)c1cc(F)c(F)cc1C(F)(F)F)C1(F)C(F)(F)C(F)(F)C(F)(F)C(F)(F)C1(F)F. The van der Waals surface area contributed by atoms with Crippen molar-refractivity contribution in [3.8, 4) is 0 Å². The summed E-state index contributed by atoms with van der Waals surface area (Å²) in [7, 11) is 0. The number of aliphatic hydroxyl groups is 1. The molecule has 1 aliphatic rings. The summed E-state index contributed by atoms with van der Waals surface area (Å²) in [5, 5.41) is 9.47. The van der Waals surface area contributed by atoms with Gasteiger partial charge in [0.1, 0.15) is 5.76 Å². The summed E-state index contributed by atoms with van der Waals surface area (Å²) in [6.07, 6.45) is -7.29. The summed E-state index contributed by atoms with van der Waals surface area (Å²) in [5.41, 5.74) is -11.9. The van der Waals surface area contributed by atoms with E-state index in [1.807, 2.05) is 0 Å². The maximum Gasteiger partial charge on any atom is 0.417 e. The minimum Gasteiger partial charge on any atom is -0.507 e. The monoisotopic (exact) mass is 532 g/mol. The molecule has 1 saturated carbocycles. The molecule has 0 aliphatic heterocycles. The van der Waals surface area contributed by atoms with E-state index in [4.69, 9.17) is 0 Å². The van der Waals surface area contributed by atoms with Crippen LogP contribution in [0.15, 0.2) is 18.2 Å². The molecule has 0 bridgehead atoms. The van der Waals surface area contributed by atoms with E-state index in [9.17, 15) is 80.1 Å². The average Bonchev–Trinajstić information content (AvgIpc) is 2.66. The van der Waals surface area contributed by atoms with Crippen molar-refractivity contribution in [1.82, 2.24) is 0 Å². The third-order valence-electron chi connectivity index (χ3n) is 4.69. The molecule has 192 valence electrons. The highest BCUT2D eigenvalue weighted by molar-refractivity contribution is 6.03. The molecule has 0 heterocycles. The van der Waals surface area contributed by atoms with E-state index in [0.717, 1.165) is 0 Å². The van der Waals surface area contributed by atoms with Gasteiger partial charge in [-0.25, -0.2) is 13.2 Å². The molecule has 0 amide bonds. The molecule has 1 aliphatic carbocycles. The van der Waals surface area contributed by atoms with E-state index in [1.165, 1.54) is 0 Å². The summed E-state index contributed by atoms with van der Waals surface area (Å²) in [4.78, 5) is 11.7. The average molecular weight is 532 g/mol. The number of allylic oxidation sites excluding steroid dienone is 1. The standard InChI is InChI=1S/C16H4F16O2/c17-6-1-4(5(2-7(6)18)11(20,21)22)8(33)3-9(34)10(19)12(23,24)14(27,28)16(31,32)15(29,30)13(10,25)26/h1-3,33H/b8-3-. The van der Waals surface area contributed by atoms with Crippen molar-refractivity contribution in [3.05, 3.63) is 41.0 Å². The third-order valence-corrected chi connectivity index (χ3v) is 4.69. The smallest absolute Gasteiger partial charge is 0.417 e. The van der Waals surface area contributed by atoms with Crippen LogP contribution in [0.5, 0.6) is 0 Å². The van der Waals surface area contributed by atoms with Crippen LogP contribution in [-0.2, 0) is 11.0 Å². The topological polar surface area (TPSA) is 37.3 Å². The van der Waals surface area contributed by atoms with E-state index < -0.39 is 94.0 Å². The highest BCUT2D eigenvalue weighted by atomic mass is 19.4.